The minimum atomic E-state index is -4.71. The Balaban J connectivity index is 2.18. The lowest BCUT2D eigenvalue weighted by Gasteiger charge is -2.30. The molecule has 0 amide bonds. The summed E-state index contributed by atoms with van der Waals surface area (Å²) in [6.45, 7) is 1.54. The van der Waals surface area contributed by atoms with Crippen LogP contribution in [0.4, 0.5) is 19.0 Å². The molecule has 1 atom stereocenters. The van der Waals surface area contributed by atoms with Gasteiger partial charge in [0, 0.05) is 6.20 Å². The molecule has 1 N–H and O–H groups in total. The van der Waals surface area contributed by atoms with Crippen molar-refractivity contribution in [1.29, 1.82) is 0 Å². The third-order valence-corrected chi connectivity index (χ3v) is 6.80. The highest BCUT2D eigenvalue weighted by molar-refractivity contribution is 7.92. The van der Waals surface area contributed by atoms with Crippen LogP contribution >= 0.6 is 11.6 Å². The van der Waals surface area contributed by atoms with Gasteiger partial charge in [0.15, 0.2) is 5.82 Å². The number of halogens is 4. The zero-order chi connectivity index (χ0) is 23.7. The normalized spacial score (nSPS) is 12.9. The summed E-state index contributed by atoms with van der Waals surface area (Å²) in [5.74, 6) is -1.63. The number of rotatable bonds is 6. The Morgan fingerprint density at radius 1 is 1.09 bits per heavy atom. The van der Waals surface area contributed by atoms with Gasteiger partial charge in [0.1, 0.15) is 0 Å². The molecule has 6 nitrogen and oxygen atoms in total. The van der Waals surface area contributed by atoms with Gasteiger partial charge in [-0.1, -0.05) is 41.9 Å². The molecule has 1 aromatic heterocycles. The van der Waals surface area contributed by atoms with Crippen LogP contribution in [0.15, 0.2) is 71.8 Å². The molecular formula is C21H16ClF3N2O4S. The smallest absolute Gasteiger partial charge is 0.417 e. The van der Waals surface area contributed by atoms with Gasteiger partial charge in [0.2, 0.25) is 0 Å². The Kier molecular flexibility index (Phi) is 6.47. The first-order valence-corrected chi connectivity index (χ1v) is 10.9. The molecule has 0 saturated heterocycles. The molecule has 0 saturated carbocycles. The lowest BCUT2D eigenvalue weighted by molar-refractivity contribution is -0.137. The van der Waals surface area contributed by atoms with Crippen LogP contribution in [0.3, 0.4) is 0 Å². The average molecular weight is 485 g/mol. The van der Waals surface area contributed by atoms with Crippen molar-refractivity contribution in [2.45, 2.75) is 24.0 Å². The molecule has 0 aliphatic carbocycles. The van der Waals surface area contributed by atoms with Crippen LogP contribution in [0.5, 0.6) is 0 Å². The van der Waals surface area contributed by atoms with Gasteiger partial charge in [-0.25, -0.2) is 22.5 Å². The largest absolute Gasteiger partial charge is 0.478 e. The monoisotopic (exact) mass is 484 g/mol. The van der Waals surface area contributed by atoms with Gasteiger partial charge >= 0.3 is 12.1 Å². The van der Waals surface area contributed by atoms with Crippen LogP contribution in [0.1, 0.15) is 34.5 Å². The van der Waals surface area contributed by atoms with Crippen molar-refractivity contribution >= 4 is 33.4 Å². The van der Waals surface area contributed by atoms with Gasteiger partial charge in [-0.05, 0) is 42.8 Å². The van der Waals surface area contributed by atoms with Gasteiger partial charge in [-0.3, -0.25) is 0 Å². The zero-order valence-corrected chi connectivity index (χ0v) is 18.0. The Labute approximate surface area is 187 Å². The summed E-state index contributed by atoms with van der Waals surface area (Å²) in [5.41, 5.74) is -0.713. The van der Waals surface area contributed by atoms with Gasteiger partial charge in [-0.2, -0.15) is 13.2 Å². The summed E-state index contributed by atoms with van der Waals surface area (Å²) in [6, 6.07) is 12.5. The van der Waals surface area contributed by atoms with Gasteiger partial charge in [-0.15, -0.1) is 0 Å². The molecule has 11 heteroatoms. The summed E-state index contributed by atoms with van der Waals surface area (Å²) < 4.78 is 67.0. The summed E-state index contributed by atoms with van der Waals surface area (Å²) in [5, 5.41) is 8.55. The molecule has 168 valence electrons. The van der Waals surface area contributed by atoms with E-state index in [2.05, 4.69) is 4.98 Å². The predicted molar refractivity (Wildman–Crippen MR) is 112 cm³/mol. The quantitative estimate of drug-likeness (QED) is 0.505. The zero-order valence-electron chi connectivity index (χ0n) is 16.4. The number of hydrogen-bond donors (Lipinski definition) is 1. The molecule has 0 spiro atoms. The fourth-order valence-electron chi connectivity index (χ4n) is 3.00. The molecule has 3 aromatic rings. The number of pyridine rings is 1. The minimum absolute atomic E-state index is 0.128. The molecule has 1 heterocycles. The second-order valence-corrected chi connectivity index (χ2v) is 8.97. The lowest BCUT2D eigenvalue weighted by atomic mass is 10.1. The van der Waals surface area contributed by atoms with Gasteiger partial charge in [0.05, 0.1) is 27.1 Å². The molecular weight excluding hydrogens is 469 g/mol. The number of anilines is 1. The first kappa shape index (κ1) is 23.6. The van der Waals surface area contributed by atoms with Crippen LogP contribution in [0, 0.1) is 0 Å². The number of carboxylic acid groups (broad SMARTS) is 1. The van der Waals surface area contributed by atoms with Crippen LogP contribution in [-0.4, -0.2) is 24.5 Å². The van der Waals surface area contributed by atoms with E-state index in [1.165, 1.54) is 6.92 Å². The van der Waals surface area contributed by atoms with Crippen molar-refractivity contribution in [3.8, 4) is 0 Å². The van der Waals surface area contributed by atoms with Crippen molar-refractivity contribution in [2.24, 2.45) is 0 Å². The fourth-order valence-corrected chi connectivity index (χ4v) is 4.93. The summed E-state index contributed by atoms with van der Waals surface area (Å²) >= 11 is 6.08. The molecule has 2 aromatic carbocycles. The summed E-state index contributed by atoms with van der Waals surface area (Å²) in [4.78, 5) is 14.5. The first-order chi connectivity index (χ1) is 14.9. The number of carbonyl (C=O) groups is 1. The number of aromatic nitrogens is 1. The van der Waals surface area contributed by atoms with Crippen molar-refractivity contribution in [1.82, 2.24) is 4.98 Å². The third-order valence-electron chi connectivity index (χ3n) is 4.65. The van der Waals surface area contributed by atoms with E-state index in [1.807, 2.05) is 0 Å². The highest BCUT2D eigenvalue weighted by atomic mass is 35.5. The molecule has 0 bridgehead atoms. The standard InChI is InChI=1S/C21H16ClF3N2O4S/c1-13(14-5-3-2-4-6-14)27(19-18(22)11-16(12-26-19)21(23,24)25)32(30,31)17-9-7-15(8-10-17)20(28)29/h2-13H,1H3,(H,28,29)/t13-/m1/s1. The molecule has 0 fully saturated rings. The number of alkyl halides is 3. The second-order valence-electron chi connectivity index (χ2n) is 6.74. The molecule has 32 heavy (non-hydrogen) atoms. The summed E-state index contributed by atoms with van der Waals surface area (Å²) in [7, 11) is -4.40. The predicted octanol–water partition coefficient (Wildman–Crippen LogP) is 5.41. The Morgan fingerprint density at radius 3 is 2.19 bits per heavy atom. The topological polar surface area (TPSA) is 87.6 Å². The Bertz CT molecular complexity index is 1230. The minimum Gasteiger partial charge on any atom is -0.478 e. The van der Waals surface area contributed by atoms with E-state index in [1.54, 1.807) is 30.3 Å². The molecule has 0 aliphatic rings. The number of carboxylic acids is 1. The maximum Gasteiger partial charge on any atom is 0.417 e. The van der Waals surface area contributed by atoms with Crippen LogP contribution in [-0.2, 0) is 16.2 Å². The number of aromatic carboxylic acids is 1. The second kappa shape index (κ2) is 8.79. The first-order valence-electron chi connectivity index (χ1n) is 9.08. The number of hydrogen-bond acceptors (Lipinski definition) is 4. The maximum absolute atomic E-state index is 13.5. The Morgan fingerprint density at radius 2 is 1.69 bits per heavy atom. The van der Waals surface area contributed by atoms with E-state index in [0.29, 0.717) is 17.8 Å². The van der Waals surface area contributed by atoms with Crippen LogP contribution < -0.4 is 4.31 Å². The van der Waals surface area contributed by atoms with E-state index in [4.69, 9.17) is 16.7 Å². The third kappa shape index (κ3) is 4.71. The van der Waals surface area contributed by atoms with Crippen molar-refractivity contribution in [3.63, 3.8) is 0 Å². The van der Waals surface area contributed by atoms with Crippen LogP contribution in [0.25, 0.3) is 0 Å². The highest BCUT2D eigenvalue weighted by Crippen LogP contribution is 2.39. The molecule has 0 unspecified atom stereocenters. The molecule has 3 rings (SSSR count). The maximum atomic E-state index is 13.5. The van der Waals surface area contributed by atoms with E-state index in [0.717, 1.165) is 28.6 Å². The van der Waals surface area contributed by atoms with Crippen molar-refractivity contribution < 1.29 is 31.5 Å². The van der Waals surface area contributed by atoms with Gasteiger partial charge < -0.3 is 5.11 Å². The van der Waals surface area contributed by atoms with E-state index >= 15 is 0 Å². The van der Waals surface area contributed by atoms with E-state index < -0.39 is 44.6 Å². The van der Waals surface area contributed by atoms with Gasteiger partial charge in [0.25, 0.3) is 10.0 Å². The average Bonchev–Trinajstić information content (AvgIpc) is 2.74. The highest BCUT2D eigenvalue weighted by Gasteiger charge is 2.36. The number of sulfonamides is 1. The summed E-state index contributed by atoms with van der Waals surface area (Å²) in [6.07, 6.45) is -4.20. The van der Waals surface area contributed by atoms with Crippen molar-refractivity contribution in [2.75, 3.05) is 4.31 Å². The van der Waals surface area contributed by atoms with E-state index in [9.17, 15) is 26.4 Å². The lowest BCUT2D eigenvalue weighted by Crippen LogP contribution is -2.34. The molecule has 0 aliphatic heterocycles. The van der Waals surface area contributed by atoms with E-state index in [-0.39, 0.29) is 10.5 Å². The SMILES string of the molecule is C[C@H](c1ccccc1)N(c1ncc(C(F)(F)F)cc1Cl)S(=O)(=O)c1ccc(C(=O)O)cc1. The Hall–Kier alpha value is -3.11. The molecule has 0 radical (unpaired) electrons. The number of benzene rings is 2. The number of nitrogens with zero attached hydrogens (tertiary/aromatic N) is 2. The van der Waals surface area contributed by atoms with Crippen molar-refractivity contribution in [3.05, 3.63) is 88.6 Å². The fraction of sp³-hybridized carbons (Fsp3) is 0.143. The van der Waals surface area contributed by atoms with Crippen LogP contribution in [0.2, 0.25) is 5.02 Å².